The monoisotopic (exact) mass is 177 g/mol. The molecule has 0 heterocycles. The molecule has 0 saturated carbocycles. The largest absolute Gasteiger partial charge is 0.376 e. The first kappa shape index (κ1) is 8.73. The third-order valence-electron chi connectivity index (χ3n) is 2.62. The molecule has 13 heavy (non-hydrogen) atoms. The topological polar surface area (TPSA) is 35.2 Å². The van der Waals surface area contributed by atoms with Gasteiger partial charge in [0.1, 0.15) is 0 Å². The Balaban J connectivity index is 2.22. The van der Waals surface area contributed by atoms with E-state index >= 15 is 0 Å². The Morgan fingerprint density at radius 1 is 1.46 bits per heavy atom. The highest BCUT2D eigenvalue weighted by Gasteiger charge is 2.29. The maximum absolute atomic E-state index is 6.05. The number of ether oxygens (including phenoxy) is 1. The van der Waals surface area contributed by atoms with Crippen LogP contribution in [0.3, 0.4) is 0 Å². The molecule has 0 radical (unpaired) electrons. The minimum atomic E-state index is 0.0659. The Morgan fingerprint density at radius 3 is 2.92 bits per heavy atom. The molecule has 1 aliphatic carbocycles. The Kier molecular flexibility index (Phi) is 2.34. The summed E-state index contributed by atoms with van der Waals surface area (Å²) >= 11 is 0. The van der Waals surface area contributed by atoms with Crippen LogP contribution in [-0.2, 0) is 11.2 Å². The standard InChI is InChI=1S/C11H15NO/c1-2-13-10-7-8-5-3-4-6-9(8)11(10)12/h3-6,10-11H,2,7,12H2,1H3/t10-,11-/m1/s1. The lowest BCUT2D eigenvalue weighted by Crippen LogP contribution is -2.24. The average Bonchev–Trinajstić information content (AvgIpc) is 2.46. The quantitative estimate of drug-likeness (QED) is 0.745. The molecule has 2 heteroatoms. The third kappa shape index (κ3) is 1.47. The van der Waals surface area contributed by atoms with E-state index in [1.165, 1.54) is 11.1 Å². The highest BCUT2D eigenvalue weighted by atomic mass is 16.5. The van der Waals surface area contributed by atoms with Gasteiger partial charge in [-0.1, -0.05) is 24.3 Å². The molecule has 1 aromatic carbocycles. The van der Waals surface area contributed by atoms with Crippen molar-refractivity contribution in [3.63, 3.8) is 0 Å². The van der Waals surface area contributed by atoms with Gasteiger partial charge >= 0.3 is 0 Å². The third-order valence-corrected chi connectivity index (χ3v) is 2.62. The first-order valence-electron chi connectivity index (χ1n) is 4.78. The number of fused-ring (bicyclic) bond motifs is 1. The van der Waals surface area contributed by atoms with Crippen LogP contribution in [0.15, 0.2) is 24.3 Å². The van der Waals surface area contributed by atoms with Gasteiger partial charge in [-0.3, -0.25) is 0 Å². The Labute approximate surface area is 78.7 Å². The number of hydrogen-bond acceptors (Lipinski definition) is 2. The van der Waals surface area contributed by atoms with Gasteiger partial charge in [-0.15, -0.1) is 0 Å². The van der Waals surface area contributed by atoms with E-state index in [1.807, 2.05) is 13.0 Å². The van der Waals surface area contributed by atoms with Gasteiger partial charge < -0.3 is 10.5 Å². The van der Waals surface area contributed by atoms with Gasteiger partial charge in [0.2, 0.25) is 0 Å². The second kappa shape index (κ2) is 3.48. The first-order valence-corrected chi connectivity index (χ1v) is 4.78. The molecule has 2 rings (SSSR count). The molecule has 2 atom stereocenters. The molecule has 0 aliphatic heterocycles. The fourth-order valence-electron chi connectivity index (χ4n) is 1.97. The van der Waals surface area contributed by atoms with Crippen molar-refractivity contribution in [3.05, 3.63) is 35.4 Å². The zero-order chi connectivity index (χ0) is 9.26. The summed E-state index contributed by atoms with van der Waals surface area (Å²) in [5.41, 5.74) is 8.64. The number of nitrogens with two attached hydrogens (primary N) is 1. The summed E-state index contributed by atoms with van der Waals surface area (Å²) in [5.74, 6) is 0. The van der Waals surface area contributed by atoms with E-state index in [2.05, 4.69) is 18.2 Å². The molecule has 1 aliphatic rings. The van der Waals surface area contributed by atoms with Crippen molar-refractivity contribution in [2.45, 2.75) is 25.5 Å². The van der Waals surface area contributed by atoms with E-state index < -0.39 is 0 Å². The highest BCUT2D eigenvalue weighted by Crippen LogP contribution is 2.30. The van der Waals surface area contributed by atoms with Crippen LogP contribution in [0.5, 0.6) is 0 Å². The SMILES string of the molecule is CCO[C@@H]1Cc2ccccc2[C@H]1N. The molecule has 70 valence electrons. The highest BCUT2D eigenvalue weighted by molar-refractivity contribution is 5.36. The molecule has 0 saturated heterocycles. The lowest BCUT2D eigenvalue weighted by Gasteiger charge is -2.15. The minimum absolute atomic E-state index is 0.0659. The number of rotatable bonds is 2. The van der Waals surface area contributed by atoms with Crippen LogP contribution >= 0.6 is 0 Å². The van der Waals surface area contributed by atoms with Crippen molar-refractivity contribution in [2.75, 3.05) is 6.61 Å². The molecular formula is C11H15NO. The summed E-state index contributed by atoms with van der Waals surface area (Å²) in [7, 11) is 0. The normalized spacial score (nSPS) is 26.0. The van der Waals surface area contributed by atoms with E-state index in [-0.39, 0.29) is 12.1 Å². The average molecular weight is 177 g/mol. The fourth-order valence-corrected chi connectivity index (χ4v) is 1.97. The maximum Gasteiger partial charge on any atom is 0.0807 e. The molecule has 0 aromatic heterocycles. The van der Waals surface area contributed by atoms with E-state index in [0.717, 1.165) is 13.0 Å². The summed E-state index contributed by atoms with van der Waals surface area (Å²) in [6, 6.07) is 8.39. The van der Waals surface area contributed by atoms with Gasteiger partial charge in [0.25, 0.3) is 0 Å². The molecule has 1 aromatic rings. The maximum atomic E-state index is 6.05. The van der Waals surface area contributed by atoms with Crippen LogP contribution < -0.4 is 5.73 Å². The van der Waals surface area contributed by atoms with Gasteiger partial charge in [-0.2, -0.15) is 0 Å². The van der Waals surface area contributed by atoms with Crippen molar-refractivity contribution in [3.8, 4) is 0 Å². The summed E-state index contributed by atoms with van der Waals surface area (Å²) < 4.78 is 5.57. The van der Waals surface area contributed by atoms with Crippen molar-refractivity contribution in [1.29, 1.82) is 0 Å². The van der Waals surface area contributed by atoms with Crippen LogP contribution in [0.1, 0.15) is 24.1 Å². The van der Waals surface area contributed by atoms with Crippen molar-refractivity contribution < 1.29 is 4.74 Å². The van der Waals surface area contributed by atoms with Crippen molar-refractivity contribution >= 4 is 0 Å². The van der Waals surface area contributed by atoms with Crippen molar-refractivity contribution in [2.24, 2.45) is 5.73 Å². The fraction of sp³-hybridized carbons (Fsp3) is 0.455. The van der Waals surface area contributed by atoms with E-state index in [4.69, 9.17) is 10.5 Å². The number of hydrogen-bond donors (Lipinski definition) is 1. The lowest BCUT2D eigenvalue weighted by molar-refractivity contribution is 0.0529. The van der Waals surface area contributed by atoms with E-state index in [9.17, 15) is 0 Å². The Morgan fingerprint density at radius 2 is 2.23 bits per heavy atom. The first-order chi connectivity index (χ1) is 6.33. The van der Waals surface area contributed by atoms with Gasteiger partial charge in [-0.25, -0.2) is 0 Å². The molecule has 2 nitrogen and oxygen atoms in total. The summed E-state index contributed by atoms with van der Waals surface area (Å²) in [5, 5.41) is 0. The van der Waals surface area contributed by atoms with Crippen molar-refractivity contribution in [1.82, 2.24) is 0 Å². The zero-order valence-electron chi connectivity index (χ0n) is 7.86. The van der Waals surface area contributed by atoms with E-state index in [1.54, 1.807) is 0 Å². The Bertz CT molecular complexity index is 298. The van der Waals surface area contributed by atoms with Crippen LogP contribution in [0, 0.1) is 0 Å². The second-order valence-corrected chi connectivity index (χ2v) is 3.42. The summed E-state index contributed by atoms with van der Waals surface area (Å²) in [6.07, 6.45) is 1.15. The van der Waals surface area contributed by atoms with Gasteiger partial charge in [-0.05, 0) is 18.1 Å². The van der Waals surface area contributed by atoms with Gasteiger partial charge in [0, 0.05) is 13.0 Å². The van der Waals surface area contributed by atoms with Gasteiger partial charge in [0.05, 0.1) is 12.1 Å². The van der Waals surface area contributed by atoms with Crippen LogP contribution in [0.4, 0.5) is 0 Å². The smallest absolute Gasteiger partial charge is 0.0807 e. The second-order valence-electron chi connectivity index (χ2n) is 3.42. The van der Waals surface area contributed by atoms with Crippen LogP contribution in [0.2, 0.25) is 0 Å². The summed E-state index contributed by atoms with van der Waals surface area (Å²) in [6.45, 7) is 2.75. The van der Waals surface area contributed by atoms with E-state index in [0.29, 0.717) is 0 Å². The minimum Gasteiger partial charge on any atom is -0.376 e. The Hall–Kier alpha value is -0.860. The molecule has 0 amide bonds. The van der Waals surface area contributed by atoms with Crippen LogP contribution in [-0.4, -0.2) is 12.7 Å². The lowest BCUT2D eigenvalue weighted by atomic mass is 10.1. The molecule has 2 N–H and O–H groups in total. The number of benzene rings is 1. The predicted molar refractivity (Wildman–Crippen MR) is 52.5 cm³/mol. The molecule has 0 unspecified atom stereocenters. The predicted octanol–water partition coefficient (Wildman–Crippen LogP) is 1.65. The molecule has 0 spiro atoms. The van der Waals surface area contributed by atoms with Crippen LogP contribution in [0.25, 0.3) is 0 Å². The van der Waals surface area contributed by atoms with Gasteiger partial charge in [0.15, 0.2) is 0 Å². The molecule has 0 fully saturated rings. The molecular weight excluding hydrogens is 162 g/mol. The zero-order valence-corrected chi connectivity index (χ0v) is 7.86. The summed E-state index contributed by atoms with van der Waals surface area (Å²) in [4.78, 5) is 0. The molecule has 0 bridgehead atoms.